The summed E-state index contributed by atoms with van der Waals surface area (Å²) in [6.07, 6.45) is 0.657. The molecule has 0 saturated heterocycles. The Bertz CT molecular complexity index is 1760. The van der Waals surface area contributed by atoms with Crippen molar-refractivity contribution in [3.05, 3.63) is 140 Å². The molecule has 5 rings (SSSR count). The average Bonchev–Trinajstić information content (AvgIpc) is 2.97. The number of amides is 1. The molecule has 1 heterocycles. The zero-order valence-corrected chi connectivity index (χ0v) is 21.3. The molecule has 196 valence electrons. The number of fused-ring (bicyclic) bond motifs is 1. The minimum atomic E-state index is -0.650. The largest absolute Gasteiger partial charge is 0.497 e. The van der Waals surface area contributed by atoms with Crippen LogP contribution in [-0.2, 0) is 13.0 Å². The molecule has 0 saturated carbocycles. The Labute approximate surface area is 223 Å². The van der Waals surface area contributed by atoms with Crippen LogP contribution in [-0.4, -0.2) is 28.7 Å². The molecule has 39 heavy (non-hydrogen) atoms. The first kappa shape index (κ1) is 25.7. The molecule has 8 heteroatoms. The minimum absolute atomic E-state index is 0.127. The average molecular weight is 524 g/mol. The summed E-state index contributed by atoms with van der Waals surface area (Å²) in [4.78, 5) is 40.3. The lowest BCUT2D eigenvalue weighted by molar-refractivity contribution is 0.0954. The van der Waals surface area contributed by atoms with Gasteiger partial charge in [-0.3, -0.25) is 14.2 Å². The molecule has 0 atom stereocenters. The lowest BCUT2D eigenvalue weighted by atomic mass is 10.1. The molecule has 0 radical (unpaired) electrons. The van der Waals surface area contributed by atoms with Crippen LogP contribution in [0.2, 0.25) is 0 Å². The standard InChI is InChI=1S/C31H26FN3O4/c1-39-25-14-12-24(13-15-25)35-30(37)26-16-11-22(29(36)33-18-17-21-7-3-2-4-8-21)19-28(26)34(31(35)38)20-23-9-5-6-10-27(23)32/h2-16,19H,17-18,20H2,1H3,(H,33,36). The molecule has 0 unspecified atom stereocenters. The van der Waals surface area contributed by atoms with E-state index in [1.54, 1.807) is 48.5 Å². The number of rotatable bonds is 8. The summed E-state index contributed by atoms with van der Waals surface area (Å²) in [6.45, 7) is 0.291. The van der Waals surface area contributed by atoms with Crippen LogP contribution in [0.1, 0.15) is 21.5 Å². The van der Waals surface area contributed by atoms with Crippen LogP contribution in [0.4, 0.5) is 4.39 Å². The summed E-state index contributed by atoms with van der Waals surface area (Å²) in [7, 11) is 1.52. The zero-order chi connectivity index (χ0) is 27.4. The van der Waals surface area contributed by atoms with Crippen LogP contribution in [0.5, 0.6) is 5.75 Å². The molecule has 1 amide bonds. The summed E-state index contributed by atoms with van der Waals surface area (Å²) >= 11 is 0. The molecule has 0 spiro atoms. The maximum Gasteiger partial charge on any atom is 0.336 e. The van der Waals surface area contributed by atoms with Crippen LogP contribution < -0.4 is 21.3 Å². The molecule has 0 aliphatic carbocycles. The van der Waals surface area contributed by atoms with E-state index in [-0.39, 0.29) is 28.9 Å². The van der Waals surface area contributed by atoms with Gasteiger partial charge in [0, 0.05) is 17.7 Å². The topological polar surface area (TPSA) is 82.3 Å². The van der Waals surface area contributed by atoms with Gasteiger partial charge in [-0.25, -0.2) is 13.8 Å². The van der Waals surface area contributed by atoms with Crippen LogP contribution in [0.15, 0.2) is 107 Å². The van der Waals surface area contributed by atoms with Crippen molar-refractivity contribution in [2.75, 3.05) is 13.7 Å². The van der Waals surface area contributed by atoms with E-state index in [0.29, 0.717) is 30.0 Å². The molecule has 1 N–H and O–H groups in total. The third-order valence-electron chi connectivity index (χ3n) is 6.57. The number of carbonyl (C=O) groups excluding carboxylic acids is 1. The van der Waals surface area contributed by atoms with Crippen molar-refractivity contribution in [3.63, 3.8) is 0 Å². The van der Waals surface area contributed by atoms with Gasteiger partial charge in [0.2, 0.25) is 0 Å². The Kier molecular flexibility index (Phi) is 7.36. The number of nitrogens with zero attached hydrogens (tertiary/aromatic N) is 2. The third kappa shape index (κ3) is 5.36. The SMILES string of the molecule is COc1ccc(-n2c(=O)c3ccc(C(=O)NCCc4ccccc4)cc3n(Cc3ccccc3F)c2=O)cc1. The fourth-order valence-corrected chi connectivity index (χ4v) is 4.48. The molecule has 0 aliphatic rings. The van der Waals surface area contributed by atoms with E-state index in [9.17, 15) is 18.8 Å². The highest BCUT2D eigenvalue weighted by molar-refractivity contribution is 5.97. The van der Waals surface area contributed by atoms with Gasteiger partial charge in [-0.2, -0.15) is 0 Å². The first-order valence-corrected chi connectivity index (χ1v) is 12.5. The van der Waals surface area contributed by atoms with Gasteiger partial charge in [0.1, 0.15) is 11.6 Å². The van der Waals surface area contributed by atoms with Gasteiger partial charge in [0.15, 0.2) is 0 Å². The van der Waals surface area contributed by atoms with Crippen LogP contribution in [0.25, 0.3) is 16.6 Å². The van der Waals surface area contributed by atoms with Gasteiger partial charge in [-0.1, -0.05) is 48.5 Å². The van der Waals surface area contributed by atoms with E-state index < -0.39 is 17.1 Å². The Balaban J connectivity index is 1.58. The fraction of sp³-hybridized carbons (Fsp3) is 0.129. The van der Waals surface area contributed by atoms with Crippen molar-refractivity contribution in [2.24, 2.45) is 0 Å². The van der Waals surface area contributed by atoms with Crippen molar-refractivity contribution in [3.8, 4) is 11.4 Å². The van der Waals surface area contributed by atoms with Crippen molar-refractivity contribution in [1.82, 2.24) is 14.5 Å². The Morgan fingerprint density at radius 2 is 1.62 bits per heavy atom. The zero-order valence-electron chi connectivity index (χ0n) is 21.3. The van der Waals surface area contributed by atoms with Gasteiger partial charge in [0.25, 0.3) is 11.5 Å². The molecule has 1 aromatic heterocycles. The molecule has 5 aromatic rings. The van der Waals surface area contributed by atoms with Gasteiger partial charge in [-0.15, -0.1) is 0 Å². The molecule has 0 fully saturated rings. The van der Waals surface area contributed by atoms with E-state index in [1.165, 1.54) is 29.9 Å². The summed E-state index contributed by atoms with van der Waals surface area (Å²) < 4.78 is 22.2. The number of benzene rings is 4. The number of aromatic nitrogens is 2. The molecule has 0 aliphatic heterocycles. The van der Waals surface area contributed by atoms with Gasteiger partial charge in [0.05, 0.1) is 30.2 Å². The molecular weight excluding hydrogens is 497 g/mol. The minimum Gasteiger partial charge on any atom is -0.497 e. The van der Waals surface area contributed by atoms with Gasteiger partial charge < -0.3 is 10.1 Å². The normalized spacial score (nSPS) is 10.9. The number of hydrogen-bond donors (Lipinski definition) is 1. The van der Waals surface area contributed by atoms with Crippen molar-refractivity contribution in [2.45, 2.75) is 13.0 Å². The smallest absolute Gasteiger partial charge is 0.336 e. The summed E-state index contributed by atoms with van der Waals surface area (Å²) in [5.41, 5.74) is 1.06. The second kappa shape index (κ2) is 11.2. The maximum atomic E-state index is 14.6. The highest BCUT2D eigenvalue weighted by atomic mass is 19.1. The lowest BCUT2D eigenvalue weighted by Gasteiger charge is -2.16. The first-order chi connectivity index (χ1) is 19.0. The number of hydrogen-bond acceptors (Lipinski definition) is 4. The molecular formula is C31H26FN3O4. The number of halogens is 1. The van der Waals surface area contributed by atoms with Crippen molar-refractivity contribution in [1.29, 1.82) is 0 Å². The predicted molar refractivity (Wildman–Crippen MR) is 148 cm³/mol. The Morgan fingerprint density at radius 1 is 0.897 bits per heavy atom. The van der Waals surface area contributed by atoms with Crippen LogP contribution in [0, 0.1) is 5.82 Å². The van der Waals surface area contributed by atoms with Crippen molar-refractivity contribution >= 4 is 16.8 Å². The number of ether oxygens (including phenoxy) is 1. The summed E-state index contributed by atoms with van der Waals surface area (Å²) in [6, 6.07) is 27.0. The third-order valence-corrected chi connectivity index (χ3v) is 6.57. The van der Waals surface area contributed by atoms with Crippen LogP contribution in [0.3, 0.4) is 0 Å². The highest BCUT2D eigenvalue weighted by Crippen LogP contribution is 2.18. The quantitative estimate of drug-likeness (QED) is 0.329. The van der Waals surface area contributed by atoms with E-state index in [1.807, 2.05) is 30.3 Å². The van der Waals surface area contributed by atoms with E-state index >= 15 is 0 Å². The molecule has 7 nitrogen and oxygen atoms in total. The summed E-state index contributed by atoms with van der Waals surface area (Å²) in [5.74, 6) is -0.242. The highest BCUT2D eigenvalue weighted by Gasteiger charge is 2.18. The number of nitrogens with one attached hydrogen (secondary N) is 1. The van der Waals surface area contributed by atoms with Crippen LogP contribution >= 0.6 is 0 Å². The predicted octanol–water partition coefficient (Wildman–Crippen LogP) is 4.32. The first-order valence-electron chi connectivity index (χ1n) is 12.5. The van der Waals surface area contributed by atoms with Crippen molar-refractivity contribution < 1.29 is 13.9 Å². The second-order valence-corrected chi connectivity index (χ2v) is 9.02. The van der Waals surface area contributed by atoms with Gasteiger partial charge >= 0.3 is 5.69 Å². The number of methoxy groups -OCH3 is 1. The second-order valence-electron chi connectivity index (χ2n) is 9.02. The van der Waals surface area contributed by atoms with Gasteiger partial charge in [-0.05, 0) is 60.5 Å². The monoisotopic (exact) mass is 523 g/mol. The Hall–Kier alpha value is -4.98. The summed E-state index contributed by atoms with van der Waals surface area (Å²) in [5, 5.41) is 3.11. The maximum absolute atomic E-state index is 14.6. The lowest BCUT2D eigenvalue weighted by Crippen LogP contribution is -2.39. The van der Waals surface area contributed by atoms with E-state index in [0.717, 1.165) is 10.1 Å². The number of carbonyl (C=O) groups is 1. The fourth-order valence-electron chi connectivity index (χ4n) is 4.48. The van der Waals surface area contributed by atoms with E-state index in [2.05, 4.69) is 5.32 Å². The Morgan fingerprint density at radius 3 is 2.33 bits per heavy atom. The molecule has 0 bridgehead atoms. The van der Waals surface area contributed by atoms with E-state index in [4.69, 9.17) is 4.74 Å². The molecule has 4 aromatic carbocycles.